The number of hydrogen-bond acceptors (Lipinski definition) is 7. The van der Waals surface area contributed by atoms with Crippen molar-refractivity contribution in [3.63, 3.8) is 0 Å². The predicted molar refractivity (Wildman–Crippen MR) is 87.2 cm³/mol. The fourth-order valence-electron chi connectivity index (χ4n) is 1.75. The largest absolute Gasteiger partial charge is 0.440 e. The number of oxime groups is 1. The summed E-state index contributed by atoms with van der Waals surface area (Å²) >= 11 is 4.96. The van der Waals surface area contributed by atoms with Crippen LogP contribution in [0.2, 0.25) is 0 Å². The Bertz CT molecular complexity index is 849. The van der Waals surface area contributed by atoms with Gasteiger partial charge in [0.25, 0.3) is 5.91 Å². The molecule has 2 rings (SSSR count). The fraction of sp³-hybridized carbons (Fsp3) is 0.0714. The molecule has 124 valence electrons. The van der Waals surface area contributed by atoms with Gasteiger partial charge in [-0.1, -0.05) is 29.5 Å². The maximum atomic E-state index is 12.1. The molecule has 0 saturated carbocycles. The summed E-state index contributed by atoms with van der Waals surface area (Å²) in [5.41, 5.74) is 5.07. The number of nitrogens with one attached hydrogen (secondary N) is 2. The van der Waals surface area contributed by atoms with Crippen LogP contribution in [-0.2, 0) is 9.63 Å². The number of aromatic amines is 1. The van der Waals surface area contributed by atoms with Gasteiger partial charge in [0.2, 0.25) is 5.88 Å². The summed E-state index contributed by atoms with van der Waals surface area (Å²) < 4.78 is 6.01. The fourth-order valence-corrected chi connectivity index (χ4v) is 1.91. The minimum atomic E-state index is -1.01. The van der Waals surface area contributed by atoms with Gasteiger partial charge in [0.05, 0.1) is 11.9 Å². The van der Waals surface area contributed by atoms with Crippen LogP contribution in [0.4, 0.5) is 4.79 Å². The van der Waals surface area contributed by atoms with Crippen LogP contribution in [0.15, 0.2) is 41.8 Å². The zero-order valence-electron chi connectivity index (χ0n) is 12.5. The van der Waals surface area contributed by atoms with E-state index in [0.29, 0.717) is 10.5 Å². The van der Waals surface area contributed by atoms with Crippen LogP contribution in [0.25, 0.3) is 0 Å². The molecule has 2 aromatic rings. The minimum Gasteiger partial charge on any atom is -0.440 e. The van der Waals surface area contributed by atoms with Crippen molar-refractivity contribution in [3.8, 4) is 11.6 Å². The highest BCUT2D eigenvalue weighted by molar-refractivity contribution is 7.71. The second-order valence-corrected chi connectivity index (χ2v) is 4.71. The third-order valence-corrected chi connectivity index (χ3v) is 2.87. The van der Waals surface area contributed by atoms with Crippen LogP contribution in [0, 0.1) is 4.64 Å². The van der Waals surface area contributed by atoms with Crippen molar-refractivity contribution < 1.29 is 19.2 Å². The molecule has 24 heavy (non-hydrogen) atoms. The van der Waals surface area contributed by atoms with Crippen LogP contribution < -0.4 is 15.8 Å². The van der Waals surface area contributed by atoms with Gasteiger partial charge in [-0.15, -0.1) is 0 Å². The highest BCUT2D eigenvalue weighted by atomic mass is 32.1. The first-order chi connectivity index (χ1) is 11.5. The lowest BCUT2D eigenvalue weighted by Crippen LogP contribution is -2.40. The van der Waals surface area contributed by atoms with E-state index < -0.39 is 11.9 Å². The Morgan fingerprint density at radius 1 is 1.38 bits per heavy atom. The Morgan fingerprint density at radius 2 is 2.12 bits per heavy atom. The summed E-state index contributed by atoms with van der Waals surface area (Å²) in [6, 6.07) is 7.03. The van der Waals surface area contributed by atoms with Gasteiger partial charge in [-0.05, 0) is 12.1 Å². The third-order valence-electron chi connectivity index (χ3n) is 2.65. The van der Waals surface area contributed by atoms with Gasteiger partial charge < -0.3 is 20.3 Å². The molecular formula is C14H13N5O4S. The number of carbonyl (C=O) groups excluding carboxylic acids is 2. The van der Waals surface area contributed by atoms with E-state index in [1.54, 1.807) is 24.3 Å². The number of para-hydroxylation sites is 1. The maximum Gasteiger partial charge on any atom is 0.319 e. The quantitative estimate of drug-likeness (QED) is 0.426. The van der Waals surface area contributed by atoms with Crippen molar-refractivity contribution in [1.82, 2.24) is 15.3 Å². The minimum absolute atomic E-state index is 0.181. The SMILES string of the molecule is CO/N=C(/C(=O)NC(N)=O)c1ccccc1Oc1cc(=S)nc[nH]1. The van der Waals surface area contributed by atoms with E-state index in [-0.39, 0.29) is 17.0 Å². The molecule has 0 aliphatic heterocycles. The van der Waals surface area contributed by atoms with Gasteiger partial charge in [0.1, 0.15) is 17.5 Å². The molecule has 1 aromatic heterocycles. The van der Waals surface area contributed by atoms with Crippen LogP contribution in [0.3, 0.4) is 0 Å². The predicted octanol–water partition coefficient (Wildman–Crippen LogP) is 1.48. The lowest BCUT2D eigenvalue weighted by Gasteiger charge is -2.11. The van der Waals surface area contributed by atoms with E-state index in [9.17, 15) is 9.59 Å². The molecule has 0 fully saturated rings. The lowest BCUT2D eigenvalue weighted by molar-refractivity contribution is -0.113. The zero-order chi connectivity index (χ0) is 17.5. The highest BCUT2D eigenvalue weighted by Gasteiger charge is 2.21. The Kier molecular flexibility index (Phi) is 5.58. The molecule has 0 aliphatic rings. The summed E-state index contributed by atoms with van der Waals surface area (Å²) in [4.78, 5) is 34.3. The Labute approximate surface area is 141 Å². The first-order valence-corrected chi connectivity index (χ1v) is 6.96. The molecule has 0 saturated heterocycles. The standard InChI is InChI=1S/C14H13N5O4S/c1-22-19-12(13(20)18-14(15)21)8-4-2-3-5-9(8)23-10-6-11(24)17-7-16-10/h2-7H,1H3,(H,16,17,24)(H3,15,18,20,21)/b19-12+. The monoisotopic (exact) mass is 347 g/mol. The maximum absolute atomic E-state index is 12.1. The highest BCUT2D eigenvalue weighted by Crippen LogP contribution is 2.24. The van der Waals surface area contributed by atoms with E-state index in [1.165, 1.54) is 19.5 Å². The van der Waals surface area contributed by atoms with Crippen LogP contribution in [0.1, 0.15) is 5.56 Å². The van der Waals surface area contributed by atoms with E-state index in [1.807, 2.05) is 5.32 Å². The number of benzene rings is 1. The molecule has 0 bridgehead atoms. The first-order valence-electron chi connectivity index (χ1n) is 6.55. The molecule has 1 heterocycles. The molecule has 10 heteroatoms. The average Bonchev–Trinajstić information content (AvgIpc) is 2.53. The molecular weight excluding hydrogens is 334 g/mol. The molecule has 0 aliphatic carbocycles. The number of carbonyl (C=O) groups is 2. The van der Waals surface area contributed by atoms with Gasteiger partial charge >= 0.3 is 6.03 Å². The molecule has 4 N–H and O–H groups in total. The number of amides is 3. The molecule has 0 unspecified atom stereocenters. The number of imide groups is 1. The van der Waals surface area contributed by atoms with Crippen LogP contribution >= 0.6 is 12.2 Å². The van der Waals surface area contributed by atoms with Gasteiger partial charge in [0, 0.05) is 6.07 Å². The van der Waals surface area contributed by atoms with E-state index in [2.05, 4.69) is 20.0 Å². The van der Waals surface area contributed by atoms with Gasteiger partial charge in [-0.2, -0.15) is 0 Å². The Balaban J connectivity index is 2.42. The second kappa shape index (κ2) is 7.83. The van der Waals surface area contributed by atoms with E-state index in [4.69, 9.17) is 22.7 Å². The average molecular weight is 347 g/mol. The molecule has 0 spiro atoms. The summed E-state index contributed by atoms with van der Waals surface area (Å²) in [6.45, 7) is 0. The van der Waals surface area contributed by atoms with E-state index >= 15 is 0 Å². The summed E-state index contributed by atoms with van der Waals surface area (Å²) in [7, 11) is 1.27. The number of rotatable bonds is 5. The molecule has 9 nitrogen and oxygen atoms in total. The topological polar surface area (TPSA) is 132 Å². The van der Waals surface area contributed by atoms with Gasteiger partial charge in [0.15, 0.2) is 5.71 Å². The number of nitrogens with zero attached hydrogens (tertiary/aromatic N) is 2. The molecule has 3 amide bonds. The van der Waals surface area contributed by atoms with Crippen LogP contribution in [-0.4, -0.2) is 34.7 Å². The second-order valence-electron chi connectivity index (χ2n) is 4.29. The van der Waals surface area contributed by atoms with Crippen molar-refractivity contribution >= 4 is 29.9 Å². The van der Waals surface area contributed by atoms with Gasteiger partial charge in [-0.25, -0.2) is 9.78 Å². The third kappa shape index (κ3) is 4.36. The van der Waals surface area contributed by atoms with Crippen molar-refractivity contribution in [2.45, 2.75) is 0 Å². The lowest BCUT2D eigenvalue weighted by atomic mass is 10.1. The summed E-state index contributed by atoms with van der Waals surface area (Å²) in [5.74, 6) is -0.234. The number of nitrogens with two attached hydrogens (primary N) is 1. The van der Waals surface area contributed by atoms with Crippen LogP contribution in [0.5, 0.6) is 11.6 Å². The Hall–Kier alpha value is -3.27. The van der Waals surface area contributed by atoms with Gasteiger partial charge in [-0.3, -0.25) is 10.1 Å². The number of hydrogen-bond donors (Lipinski definition) is 3. The smallest absolute Gasteiger partial charge is 0.319 e. The number of ether oxygens (including phenoxy) is 1. The Morgan fingerprint density at radius 3 is 2.79 bits per heavy atom. The number of primary amides is 1. The normalized spacial score (nSPS) is 10.8. The van der Waals surface area contributed by atoms with Crippen molar-refractivity contribution in [1.29, 1.82) is 0 Å². The van der Waals surface area contributed by atoms with Crippen molar-refractivity contribution in [2.75, 3.05) is 7.11 Å². The number of urea groups is 1. The zero-order valence-corrected chi connectivity index (χ0v) is 13.3. The molecule has 1 aromatic carbocycles. The van der Waals surface area contributed by atoms with Crippen molar-refractivity contribution in [2.24, 2.45) is 10.9 Å². The summed E-state index contributed by atoms with van der Waals surface area (Å²) in [5, 5.41) is 5.57. The molecule has 0 radical (unpaired) electrons. The van der Waals surface area contributed by atoms with E-state index in [0.717, 1.165) is 0 Å². The number of aromatic nitrogens is 2. The van der Waals surface area contributed by atoms with Crippen molar-refractivity contribution in [3.05, 3.63) is 46.9 Å². The number of H-pyrrole nitrogens is 1. The molecule has 0 atom stereocenters. The first kappa shape index (κ1) is 17.1. The summed E-state index contributed by atoms with van der Waals surface area (Å²) in [6.07, 6.45) is 1.38.